The number of rotatable bonds is 6. The molecule has 1 fully saturated rings. The predicted molar refractivity (Wildman–Crippen MR) is 91.5 cm³/mol. The summed E-state index contributed by atoms with van der Waals surface area (Å²) in [6.45, 7) is 3.24. The molecular weight excluding hydrogens is 326 g/mol. The molecule has 1 aliphatic heterocycles. The Hall–Kier alpha value is -1.93. The minimum atomic E-state index is -0.250. The lowest BCUT2D eigenvalue weighted by atomic mass is 10.2. The van der Waals surface area contributed by atoms with E-state index in [2.05, 4.69) is 20.5 Å². The average molecular weight is 347 g/mol. The Labute approximate surface area is 145 Å². The molecule has 2 aromatic heterocycles. The molecule has 2 aromatic rings. The summed E-state index contributed by atoms with van der Waals surface area (Å²) in [5.41, 5.74) is 0.947. The van der Waals surface area contributed by atoms with Gasteiger partial charge in [-0.15, -0.1) is 10.2 Å². The molecule has 3 rings (SSSR count). The first-order chi connectivity index (χ1) is 11.6. The van der Waals surface area contributed by atoms with Crippen LogP contribution in [0, 0.1) is 0 Å². The van der Waals surface area contributed by atoms with Gasteiger partial charge in [0.2, 0.25) is 5.91 Å². The van der Waals surface area contributed by atoms with E-state index in [0.717, 1.165) is 30.8 Å². The molecule has 24 heavy (non-hydrogen) atoms. The number of ether oxygens (including phenoxy) is 1. The summed E-state index contributed by atoms with van der Waals surface area (Å²) in [4.78, 5) is 16.2. The van der Waals surface area contributed by atoms with Crippen LogP contribution >= 0.6 is 11.8 Å². The largest absolute Gasteiger partial charge is 0.376 e. The number of nitrogens with one attached hydrogen (secondary N) is 1. The fraction of sp³-hybridized carbons (Fsp3) is 0.500. The second-order valence-electron chi connectivity index (χ2n) is 5.74. The molecular formula is C16H21N5O2S. The third kappa shape index (κ3) is 3.93. The molecule has 0 radical (unpaired) electrons. The molecule has 0 bridgehead atoms. The second kappa shape index (κ2) is 7.76. The molecule has 1 amide bonds. The van der Waals surface area contributed by atoms with Crippen molar-refractivity contribution in [2.45, 2.75) is 36.3 Å². The maximum atomic E-state index is 12.2. The smallest absolute Gasteiger partial charge is 0.233 e. The van der Waals surface area contributed by atoms with E-state index in [1.165, 1.54) is 11.8 Å². The Kier molecular flexibility index (Phi) is 5.47. The fourth-order valence-corrected chi connectivity index (χ4v) is 3.38. The number of hydrogen-bond donors (Lipinski definition) is 1. The molecule has 1 N–H and O–H groups in total. The van der Waals surface area contributed by atoms with Gasteiger partial charge in [-0.3, -0.25) is 9.78 Å². The highest BCUT2D eigenvalue weighted by molar-refractivity contribution is 8.00. The lowest BCUT2D eigenvalue weighted by molar-refractivity contribution is -0.120. The van der Waals surface area contributed by atoms with Gasteiger partial charge in [-0.05, 0) is 31.9 Å². The van der Waals surface area contributed by atoms with Gasteiger partial charge in [-0.2, -0.15) is 0 Å². The minimum Gasteiger partial charge on any atom is -0.376 e. The quantitative estimate of drug-likeness (QED) is 0.800. The van der Waals surface area contributed by atoms with Crippen molar-refractivity contribution in [1.29, 1.82) is 0 Å². The van der Waals surface area contributed by atoms with Crippen LogP contribution in [0.5, 0.6) is 0 Å². The number of amides is 1. The molecule has 128 valence electrons. The van der Waals surface area contributed by atoms with Crippen LogP contribution in [0.3, 0.4) is 0 Å². The maximum Gasteiger partial charge on any atom is 0.233 e. The Morgan fingerprint density at radius 2 is 2.25 bits per heavy atom. The maximum absolute atomic E-state index is 12.2. The van der Waals surface area contributed by atoms with Crippen molar-refractivity contribution in [3.8, 4) is 11.4 Å². The zero-order valence-electron chi connectivity index (χ0n) is 13.8. The molecule has 0 unspecified atom stereocenters. The van der Waals surface area contributed by atoms with Gasteiger partial charge >= 0.3 is 0 Å². The van der Waals surface area contributed by atoms with Crippen LogP contribution in [0.2, 0.25) is 0 Å². The summed E-state index contributed by atoms with van der Waals surface area (Å²) in [5.74, 6) is 0.746. The number of hydrogen-bond acceptors (Lipinski definition) is 6. The molecule has 1 saturated heterocycles. The van der Waals surface area contributed by atoms with Crippen molar-refractivity contribution < 1.29 is 9.53 Å². The van der Waals surface area contributed by atoms with Crippen LogP contribution in [0.25, 0.3) is 11.4 Å². The van der Waals surface area contributed by atoms with Crippen molar-refractivity contribution in [3.05, 3.63) is 24.5 Å². The Bertz CT molecular complexity index is 685. The monoisotopic (exact) mass is 347 g/mol. The lowest BCUT2D eigenvalue weighted by Gasteiger charge is -2.14. The van der Waals surface area contributed by atoms with Crippen molar-refractivity contribution in [2.24, 2.45) is 7.05 Å². The summed E-state index contributed by atoms with van der Waals surface area (Å²) >= 11 is 1.40. The zero-order valence-corrected chi connectivity index (χ0v) is 14.6. The van der Waals surface area contributed by atoms with Gasteiger partial charge in [0.05, 0.1) is 11.4 Å². The molecule has 0 aromatic carbocycles. The zero-order chi connectivity index (χ0) is 16.9. The van der Waals surface area contributed by atoms with Crippen molar-refractivity contribution in [1.82, 2.24) is 25.1 Å². The van der Waals surface area contributed by atoms with Crippen LogP contribution in [-0.4, -0.2) is 50.2 Å². The van der Waals surface area contributed by atoms with Gasteiger partial charge in [-0.1, -0.05) is 11.8 Å². The van der Waals surface area contributed by atoms with Gasteiger partial charge in [0.1, 0.15) is 0 Å². The number of carbonyl (C=O) groups is 1. The standard InChI is InChI=1S/C16H21N5O2S/c1-11(15(22)18-10-13-4-3-9-23-13)24-16-20-19-14(21(16)2)12-5-7-17-8-6-12/h5-8,11,13H,3-4,9-10H2,1-2H3,(H,18,22)/t11-,13+/m1/s1. The summed E-state index contributed by atoms with van der Waals surface area (Å²) in [6.07, 6.45) is 5.68. The minimum absolute atomic E-state index is 0.0102. The van der Waals surface area contributed by atoms with Gasteiger partial charge < -0.3 is 14.6 Å². The summed E-state index contributed by atoms with van der Waals surface area (Å²) in [6, 6.07) is 3.77. The molecule has 7 nitrogen and oxygen atoms in total. The SMILES string of the molecule is C[C@@H](Sc1nnc(-c2ccncc2)n1C)C(=O)NC[C@@H]1CCCO1. The number of thioether (sulfide) groups is 1. The van der Waals surface area contributed by atoms with Gasteiger partial charge in [0.25, 0.3) is 0 Å². The van der Waals surface area contributed by atoms with E-state index in [9.17, 15) is 4.79 Å². The predicted octanol–water partition coefficient (Wildman–Crippen LogP) is 1.65. The molecule has 0 saturated carbocycles. The Morgan fingerprint density at radius 1 is 1.46 bits per heavy atom. The van der Waals surface area contributed by atoms with Crippen molar-refractivity contribution in [2.75, 3.05) is 13.2 Å². The summed E-state index contributed by atoms with van der Waals surface area (Å²) in [5, 5.41) is 11.8. The van der Waals surface area contributed by atoms with Crippen LogP contribution in [0.1, 0.15) is 19.8 Å². The lowest BCUT2D eigenvalue weighted by Crippen LogP contribution is -2.36. The molecule has 3 heterocycles. The summed E-state index contributed by atoms with van der Waals surface area (Å²) < 4.78 is 7.41. The highest BCUT2D eigenvalue weighted by Gasteiger charge is 2.21. The van der Waals surface area contributed by atoms with E-state index in [4.69, 9.17) is 4.74 Å². The van der Waals surface area contributed by atoms with E-state index in [1.807, 2.05) is 30.7 Å². The van der Waals surface area contributed by atoms with E-state index < -0.39 is 0 Å². The van der Waals surface area contributed by atoms with Crippen molar-refractivity contribution in [3.63, 3.8) is 0 Å². The van der Waals surface area contributed by atoms with Gasteiger partial charge in [-0.25, -0.2) is 0 Å². The van der Waals surface area contributed by atoms with Crippen LogP contribution in [-0.2, 0) is 16.6 Å². The van der Waals surface area contributed by atoms with Crippen molar-refractivity contribution >= 4 is 17.7 Å². The Morgan fingerprint density at radius 3 is 2.96 bits per heavy atom. The van der Waals surface area contributed by atoms with Crippen LogP contribution < -0.4 is 5.32 Å². The average Bonchev–Trinajstić information content (AvgIpc) is 3.24. The normalized spacial score (nSPS) is 18.5. The highest BCUT2D eigenvalue weighted by atomic mass is 32.2. The first-order valence-corrected chi connectivity index (χ1v) is 8.89. The third-order valence-electron chi connectivity index (χ3n) is 3.95. The number of carbonyl (C=O) groups excluding carboxylic acids is 1. The third-order valence-corrected chi connectivity index (χ3v) is 5.09. The highest BCUT2D eigenvalue weighted by Crippen LogP contribution is 2.25. The molecule has 8 heteroatoms. The topological polar surface area (TPSA) is 81.9 Å². The van der Waals surface area contributed by atoms with Gasteiger partial charge in [0.15, 0.2) is 11.0 Å². The van der Waals surface area contributed by atoms with Gasteiger partial charge in [0, 0.05) is 38.2 Å². The molecule has 2 atom stereocenters. The van der Waals surface area contributed by atoms with E-state index >= 15 is 0 Å². The number of aromatic nitrogens is 4. The van der Waals surface area contributed by atoms with Crippen LogP contribution in [0.4, 0.5) is 0 Å². The summed E-state index contributed by atoms with van der Waals surface area (Å²) in [7, 11) is 1.90. The first-order valence-electron chi connectivity index (χ1n) is 8.01. The second-order valence-corrected chi connectivity index (χ2v) is 7.05. The first kappa shape index (κ1) is 16.9. The molecule has 1 aliphatic rings. The number of pyridine rings is 1. The number of nitrogens with zero attached hydrogens (tertiary/aromatic N) is 4. The van der Waals surface area contributed by atoms with Crippen LogP contribution in [0.15, 0.2) is 29.7 Å². The fourth-order valence-electron chi connectivity index (χ4n) is 2.55. The van der Waals surface area contributed by atoms with E-state index in [0.29, 0.717) is 11.7 Å². The van der Waals surface area contributed by atoms with E-state index in [-0.39, 0.29) is 17.3 Å². The Balaban J connectivity index is 1.59. The molecule has 0 aliphatic carbocycles. The molecule has 0 spiro atoms. The van der Waals surface area contributed by atoms with E-state index in [1.54, 1.807) is 12.4 Å².